The van der Waals surface area contributed by atoms with Crippen molar-refractivity contribution in [3.05, 3.63) is 71.6 Å². The van der Waals surface area contributed by atoms with Gasteiger partial charge >= 0.3 is 0 Å². The van der Waals surface area contributed by atoms with Crippen LogP contribution in [-0.2, 0) is 20.6 Å². The third kappa shape index (κ3) is 4.96. The first kappa shape index (κ1) is 16.8. The van der Waals surface area contributed by atoms with E-state index in [0.29, 0.717) is 5.56 Å². The Morgan fingerprint density at radius 2 is 1.87 bits per heavy atom. The molecule has 0 saturated carbocycles. The van der Waals surface area contributed by atoms with Gasteiger partial charge in [0.25, 0.3) is 5.91 Å². The molecule has 2 aromatic rings. The summed E-state index contributed by atoms with van der Waals surface area (Å²) >= 11 is 0. The number of carbonyl (C=O) groups excluding carboxylic acids is 1. The van der Waals surface area contributed by atoms with E-state index in [1.165, 1.54) is 12.3 Å². The first-order valence-corrected chi connectivity index (χ1v) is 8.08. The summed E-state index contributed by atoms with van der Waals surface area (Å²) in [5.41, 5.74) is -0.0239. The number of hydrogen-bond donors (Lipinski definition) is 1. The number of benzene rings is 1. The van der Waals surface area contributed by atoms with Crippen molar-refractivity contribution < 1.29 is 22.0 Å². The molecule has 1 aromatic heterocycles. The maximum atomic E-state index is 13.4. The van der Waals surface area contributed by atoms with Crippen LogP contribution in [0.1, 0.15) is 11.1 Å². The SMILES string of the molecule is O=C(C=Cc1cccnc1)NS(=O)(=O)Cc1c(F)cccc1F. The molecule has 0 bridgehead atoms. The van der Waals surface area contributed by atoms with E-state index in [-0.39, 0.29) is 0 Å². The number of sulfonamides is 1. The van der Waals surface area contributed by atoms with Gasteiger partial charge in [-0.15, -0.1) is 0 Å². The second-order valence-electron chi connectivity index (χ2n) is 4.55. The molecule has 0 spiro atoms. The zero-order chi connectivity index (χ0) is 16.9. The van der Waals surface area contributed by atoms with Crippen LogP contribution >= 0.6 is 0 Å². The van der Waals surface area contributed by atoms with Crippen LogP contribution in [0.3, 0.4) is 0 Å². The van der Waals surface area contributed by atoms with Crippen molar-refractivity contribution in [1.29, 1.82) is 0 Å². The minimum atomic E-state index is -4.23. The maximum Gasteiger partial charge on any atom is 0.257 e. The molecule has 8 heteroatoms. The quantitative estimate of drug-likeness (QED) is 0.846. The summed E-state index contributed by atoms with van der Waals surface area (Å²) in [5.74, 6) is -3.88. The molecule has 0 aliphatic rings. The third-order valence-corrected chi connectivity index (χ3v) is 3.94. The number of amides is 1. The maximum absolute atomic E-state index is 13.4. The van der Waals surface area contributed by atoms with Crippen LogP contribution in [0, 0.1) is 11.6 Å². The van der Waals surface area contributed by atoms with E-state index in [0.717, 1.165) is 24.3 Å². The minimum absolute atomic E-state index is 0.597. The summed E-state index contributed by atoms with van der Waals surface area (Å²) < 4.78 is 52.3. The highest BCUT2D eigenvalue weighted by atomic mass is 32.2. The van der Waals surface area contributed by atoms with Crippen LogP contribution in [0.2, 0.25) is 0 Å². The van der Waals surface area contributed by atoms with Crippen LogP contribution in [0.15, 0.2) is 48.8 Å². The minimum Gasteiger partial charge on any atom is -0.269 e. The number of rotatable bonds is 5. The van der Waals surface area contributed by atoms with E-state index in [1.807, 2.05) is 0 Å². The summed E-state index contributed by atoms with van der Waals surface area (Å²) in [5, 5.41) is 0. The summed E-state index contributed by atoms with van der Waals surface area (Å²) in [6, 6.07) is 6.32. The first-order valence-electron chi connectivity index (χ1n) is 6.43. The molecular formula is C15H12F2N2O3S. The van der Waals surface area contributed by atoms with Gasteiger partial charge in [-0.05, 0) is 29.8 Å². The molecule has 5 nitrogen and oxygen atoms in total. The van der Waals surface area contributed by atoms with Crippen molar-refractivity contribution in [2.24, 2.45) is 0 Å². The predicted molar refractivity (Wildman–Crippen MR) is 80.4 cm³/mol. The van der Waals surface area contributed by atoms with Crippen LogP contribution < -0.4 is 4.72 Å². The van der Waals surface area contributed by atoms with Crippen molar-refractivity contribution in [3.8, 4) is 0 Å². The van der Waals surface area contributed by atoms with Crippen LogP contribution in [-0.4, -0.2) is 19.3 Å². The van der Waals surface area contributed by atoms with Crippen LogP contribution in [0.25, 0.3) is 6.08 Å². The number of aromatic nitrogens is 1. The topological polar surface area (TPSA) is 76.1 Å². The van der Waals surface area contributed by atoms with Gasteiger partial charge in [-0.1, -0.05) is 12.1 Å². The highest BCUT2D eigenvalue weighted by molar-refractivity contribution is 7.89. The molecule has 0 atom stereocenters. The Balaban J connectivity index is 2.06. The Labute approximate surface area is 131 Å². The van der Waals surface area contributed by atoms with E-state index in [4.69, 9.17) is 0 Å². The number of nitrogens with zero attached hydrogens (tertiary/aromatic N) is 1. The molecule has 0 fully saturated rings. The van der Waals surface area contributed by atoms with E-state index < -0.39 is 38.9 Å². The van der Waals surface area contributed by atoms with Crippen molar-refractivity contribution in [2.75, 3.05) is 0 Å². The summed E-state index contributed by atoms with van der Waals surface area (Å²) in [6.45, 7) is 0. The van der Waals surface area contributed by atoms with E-state index in [1.54, 1.807) is 23.1 Å². The zero-order valence-electron chi connectivity index (χ0n) is 11.7. The average Bonchev–Trinajstić information content (AvgIpc) is 2.50. The number of carbonyl (C=O) groups is 1. The van der Waals surface area contributed by atoms with E-state index >= 15 is 0 Å². The lowest BCUT2D eigenvalue weighted by molar-refractivity contribution is -0.114. The Kier molecular flexibility index (Phi) is 5.17. The molecule has 0 radical (unpaired) electrons. The largest absolute Gasteiger partial charge is 0.269 e. The highest BCUT2D eigenvalue weighted by Gasteiger charge is 2.19. The van der Waals surface area contributed by atoms with Crippen molar-refractivity contribution in [2.45, 2.75) is 5.75 Å². The average molecular weight is 338 g/mol. The molecule has 120 valence electrons. The fraction of sp³-hybridized carbons (Fsp3) is 0.0667. The van der Waals surface area contributed by atoms with Crippen LogP contribution in [0.4, 0.5) is 8.78 Å². The molecule has 1 amide bonds. The van der Waals surface area contributed by atoms with E-state index in [2.05, 4.69) is 4.98 Å². The van der Waals surface area contributed by atoms with E-state index in [9.17, 15) is 22.0 Å². The van der Waals surface area contributed by atoms with Gasteiger partial charge in [-0.2, -0.15) is 0 Å². The zero-order valence-corrected chi connectivity index (χ0v) is 12.6. The van der Waals surface area contributed by atoms with Crippen molar-refractivity contribution in [3.63, 3.8) is 0 Å². The Morgan fingerprint density at radius 3 is 2.48 bits per heavy atom. The smallest absolute Gasteiger partial charge is 0.257 e. The lowest BCUT2D eigenvalue weighted by Crippen LogP contribution is -2.30. The molecule has 1 N–H and O–H groups in total. The van der Waals surface area contributed by atoms with Gasteiger partial charge in [0.2, 0.25) is 10.0 Å². The molecular weight excluding hydrogens is 326 g/mol. The Hall–Kier alpha value is -2.61. The Bertz CT molecular complexity index is 817. The normalized spacial score (nSPS) is 11.6. The molecule has 1 heterocycles. The van der Waals surface area contributed by atoms with Crippen molar-refractivity contribution in [1.82, 2.24) is 9.71 Å². The van der Waals surface area contributed by atoms with Gasteiger partial charge in [0.05, 0.1) is 0 Å². The van der Waals surface area contributed by atoms with Gasteiger partial charge in [0, 0.05) is 24.0 Å². The van der Waals surface area contributed by atoms with Crippen molar-refractivity contribution >= 4 is 22.0 Å². The molecule has 1 aromatic carbocycles. The number of hydrogen-bond acceptors (Lipinski definition) is 4. The van der Waals surface area contributed by atoms with Gasteiger partial charge in [0.1, 0.15) is 17.4 Å². The summed E-state index contributed by atoms with van der Waals surface area (Å²) in [4.78, 5) is 15.4. The van der Waals surface area contributed by atoms with Gasteiger partial charge in [-0.25, -0.2) is 21.9 Å². The van der Waals surface area contributed by atoms with Gasteiger partial charge in [0.15, 0.2) is 0 Å². The summed E-state index contributed by atoms with van der Waals surface area (Å²) in [6.07, 6.45) is 5.38. The molecule has 0 aliphatic carbocycles. The second kappa shape index (κ2) is 7.10. The fourth-order valence-electron chi connectivity index (χ4n) is 1.73. The first-order chi connectivity index (χ1) is 10.9. The predicted octanol–water partition coefficient (Wildman–Crippen LogP) is 2.02. The van der Waals surface area contributed by atoms with Crippen LogP contribution in [0.5, 0.6) is 0 Å². The standard InChI is InChI=1S/C15H12F2N2O3S/c16-13-4-1-5-14(17)12(13)10-23(21,22)19-15(20)7-6-11-3-2-8-18-9-11/h1-9H,10H2,(H,19,20). The lowest BCUT2D eigenvalue weighted by Gasteiger charge is -2.07. The summed E-state index contributed by atoms with van der Waals surface area (Å²) in [7, 11) is -4.23. The Morgan fingerprint density at radius 1 is 1.17 bits per heavy atom. The number of halogens is 2. The highest BCUT2D eigenvalue weighted by Crippen LogP contribution is 2.14. The molecule has 0 saturated heterocycles. The van der Waals surface area contributed by atoms with Gasteiger partial charge in [-0.3, -0.25) is 9.78 Å². The fourth-order valence-corrected chi connectivity index (χ4v) is 2.83. The monoisotopic (exact) mass is 338 g/mol. The second-order valence-corrected chi connectivity index (χ2v) is 6.27. The molecule has 2 rings (SSSR count). The molecule has 0 aliphatic heterocycles. The molecule has 0 unspecified atom stereocenters. The number of nitrogens with one attached hydrogen (secondary N) is 1. The lowest BCUT2D eigenvalue weighted by atomic mass is 10.2. The van der Waals surface area contributed by atoms with Gasteiger partial charge < -0.3 is 0 Å². The number of pyridine rings is 1. The molecule has 23 heavy (non-hydrogen) atoms. The third-order valence-electron chi connectivity index (χ3n) is 2.76.